The SMILES string of the molecule is c1ccc(-c2cc(-c3ccccc3)cc(N(c3ccccc3)c3ccc4ccccc4c3-c3ccc4ccccc4c3)c2)cc1. The summed E-state index contributed by atoms with van der Waals surface area (Å²) in [5.41, 5.74) is 10.5. The number of hydrogen-bond donors (Lipinski definition) is 0. The standard InChI is InChI=1S/C44H31N/c1-4-14-32(15-5-1)38-29-39(33-16-6-2-7-17-33)31-41(30-38)45(40-21-8-3-9-22-40)43-27-26-35-19-12-13-23-42(35)44(43)37-25-24-34-18-10-11-20-36(34)28-37/h1-31H. The Balaban J connectivity index is 1.44. The van der Waals surface area contributed by atoms with Crippen LogP contribution in [-0.2, 0) is 0 Å². The molecular weight excluding hydrogens is 542 g/mol. The predicted octanol–water partition coefficient (Wildman–Crippen LogP) is 12.5. The molecule has 0 aliphatic carbocycles. The first kappa shape index (κ1) is 26.7. The Bertz CT molecular complexity index is 2200. The van der Waals surface area contributed by atoms with Gasteiger partial charge in [0.2, 0.25) is 0 Å². The van der Waals surface area contributed by atoms with Gasteiger partial charge >= 0.3 is 0 Å². The summed E-state index contributed by atoms with van der Waals surface area (Å²) in [5.74, 6) is 0. The molecule has 0 atom stereocenters. The van der Waals surface area contributed by atoms with Gasteiger partial charge in [0.25, 0.3) is 0 Å². The van der Waals surface area contributed by atoms with E-state index in [9.17, 15) is 0 Å². The van der Waals surface area contributed by atoms with E-state index < -0.39 is 0 Å². The molecule has 0 saturated heterocycles. The fourth-order valence-electron chi connectivity index (χ4n) is 6.43. The van der Waals surface area contributed by atoms with E-state index in [1.54, 1.807) is 0 Å². The lowest BCUT2D eigenvalue weighted by molar-refractivity contribution is 1.29. The molecule has 0 spiro atoms. The van der Waals surface area contributed by atoms with E-state index in [0.29, 0.717) is 0 Å². The molecule has 0 aliphatic heterocycles. The fraction of sp³-hybridized carbons (Fsp3) is 0. The van der Waals surface area contributed by atoms with E-state index in [0.717, 1.165) is 17.1 Å². The van der Waals surface area contributed by atoms with Crippen LogP contribution >= 0.6 is 0 Å². The number of anilines is 3. The monoisotopic (exact) mass is 573 g/mol. The van der Waals surface area contributed by atoms with Crippen LogP contribution in [0.5, 0.6) is 0 Å². The topological polar surface area (TPSA) is 3.24 Å². The fourth-order valence-corrected chi connectivity index (χ4v) is 6.43. The Kier molecular flexibility index (Phi) is 6.90. The molecule has 1 heteroatoms. The normalized spacial score (nSPS) is 11.1. The van der Waals surface area contributed by atoms with Crippen molar-refractivity contribution in [2.75, 3.05) is 4.90 Å². The molecule has 0 saturated carbocycles. The third-order valence-electron chi connectivity index (χ3n) is 8.59. The van der Waals surface area contributed by atoms with Gasteiger partial charge in [-0.15, -0.1) is 0 Å². The minimum Gasteiger partial charge on any atom is -0.310 e. The summed E-state index contributed by atoms with van der Waals surface area (Å²) < 4.78 is 0. The molecule has 0 radical (unpaired) electrons. The van der Waals surface area contributed by atoms with E-state index >= 15 is 0 Å². The van der Waals surface area contributed by atoms with Gasteiger partial charge in [-0.2, -0.15) is 0 Å². The van der Waals surface area contributed by atoms with Crippen LogP contribution in [0.15, 0.2) is 188 Å². The van der Waals surface area contributed by atoms with E-state index in [1.807, 2.05) is 0 Å². The van der Waals surface area contributed by atoms with Gasteiger partial charge in [-0.05, 0) is 91.8 Å². The van der Waals surface area contributed by atoms with Crippen LogP contribution < -0.4 is 4.90 Å². The molecule has 8 aromatic carbocycles. The summed E-state index contributed by atoms with van der Waals surface area (Å²) in [7, 11) is 0. The van der Waals surface area contributed by atoms with Crippen molar-refractivity contribution >= 4 is 38.6 Å². The summed E-state index contributed by atoms with van der Waals surface area (Å²) in [5, 5.41) is 4.93. The highest BCUT2D eigenvalue weighted by Gasteiger charge is 2.21. The molecule has 0 N–H and O–H groups in total. The third-order valence-corrected chi connectivity index (χ3v) is 8.59. The van der Waals surface area contributed by atoms with E-state index in [1.165, 1.54) is 54.9 Å². The molecule has 0 heterocycles. The largest absolute Gasteiger partial charge is 0.310 e. The van der Waals surface area contributed by atoms with Crippen LogP contribution in [0.2, 0.25) is 0 Å². The number of benzene rings is 8. The van der Waals surface area contributed by atoms with E-state index in [2.05, 4.69) is 193 Å². The Hall–Kier alpha value is -5.92. The number of nitrogens with zero attached hydrogens (tertiary/aromatic N) is 1. The molecule has 212 valence electrons. The van der Waals surface area contributed by atoms with Crippen LogP contribution in [0.1, 0.15) is 0 Å². The predicted molar refractivity (Wildman–Crippen MR) is 192 cm³/mol. The molecule has 0 fully saturated rings. The van der Waals surface area contributed by atoms with Crippen molar-refractivity contribution < 1.29 is 0 Å². The van der Waals surface area contributed by atoms with Crippen molar-refractivity contribution in [3.63, 3.8) is 0 Å². The van der Waals surface area contributed by atoms with Crippen molar-refractivity contribution in [3.05, 3.63) is 188 Å². The number of rotatable bonds is 6. The van der Waals surface area contributed by atoms with Gasteiger partial charge in [0.15, 0.2) is 0 Å². The Morgan fingerprint density at radius 3 is 1.49 bits per heavy atom. The van der Waals surface area contributed by atoms with Crippen molar-refractivity contribution in [2.24, 2.45) is 0 Å². The second kappa shape index (κ2) is 11.6. The molecule has 0 amide bonds. The van der Waals surface area contributed by atoms with Gasteiger partial charge in [-0.3, -0.25) is 0 Å². The van der Waals surface area contributed by atoms with Gasteiger partial charge in [-0.25, -0.2) is 0 Å². The van der Waals surface area contributed by atoms with Crippen LogP contribution in [-0.4, -0.2) is 0 Å². The van der Waals surface area contributed by atoms with Crippen LogP contribution in [0, 0.1) is 0 Å². The summed E-state index contributed by atoms with van der Waals surface area (Å²) >= 11 is 0. The van der Waals surface area contributed by atoms with Gasteiger partial charge < -0.3 is 4.90 Å². The minimum absolute atomic E-state index is 1.11. The zero-order valence-electron chi connectivity index (χ0n) is 24.8. The van der Waals surface area contributed by atoms with Crippen LogP contribution in [0.25, 0.3) is 54.9 Å². The minimum atomic E-state index is 1.11. The molecular formula is C44H31N. The molecule has 0 aromatic heterocycles. The quantitative estimate of drug-likeness (QED) is 0.191. The molecule has 8 aromatic rings. The Labute approximate surface area is 264 Å². The maximum absolute atomic E-state index is 2.43. The summed E-state index contributed by atoms with van der Waals surface area (Å²) in [6.45, 7) is 0. The molecule has 45 heavy (non-hydrogen) atoms. The van der Waals surface area contributed by atoms with Crippen LogP contribution in [0.4, 0.5) is 17.1 Å². The Morgan fingerprint density at radius 1 is 0.289 bits per heavy atom. The van der Waals surface area contributed by atoms with E-state index in [-0.39, 0.29) is 0 Å². The lowest BCUT2D eigenvalue weighted by atomic mass is 9.93. The number of para-hydroxylation sites is 1. The summed E-state index contributed by atoms with van der Waals surface area (Å²) in [6, 6.07) is 67.8. The van der Waals surface area contributed by atoms with Crippen LogP contribution in [0.3, 0.4) is 0 Å². The van der Waals surface area contributed by atoms with Gasteiger partial charge in [-0.1, -0.05) is 146 Å². The maximum Gasteiger partial charge on any atom is 0.0546 e. The second-order valence-corrected chi connectivity index (χ2v) is 11.4. The lowest BCUT2D eigenvalue weighted by Crippen LogP contribution is -2.12. The molecule has 8 rings (SSSR count). The van der Waals surface area contributed by atoms with E-state index in [4.69, 9.17) is 0 Å². The third kappa shape index (κ3) is 5.15. The first-order chi connectivity index (χ1) is 22.3. The van der Waals surface area contributed by atoms with Crippen molar-refractivity contribution in [1.82, 2.24) is 0 Å². The maximum atomic E-state index is 2.43. The summed E-state index contributed by atoms with van der Waals surface area (Å²) in [6.07, 6.45) is 0. The lowest BCUT2D eigenvalue weighted by Gasteiger charge is -2.30. The number of hydrogen-bond acceptors (Lipinski definition) is 1. The highest BCUT2D eigenvalue weighted by molar-refractivity contribution is 6.07. The molecule has 1 nitrogen and oxygen atoms in total. The average Bonchev–Trinajstić information content (AvgIpc) is 3.12. The molecule has 0 unspecified atom stereocenters. The first-order valence-electron chi connectivity index (χ1n) is 15.4. The smallest absolute Gasteiger partial charge is 0.0546 e. The van der Waals surface area contributed by atoms with Crippen molar-refractivity contribution in [3.8, 4) is 33.4 Å². The molecule has 0 aliphatic rings. The second-order valence-electron chi connectivity index (χ2n) is 11.4. The zero-order chi connectivity index (χ0) is 30.0. The Morgan fingerprint density at radius 2 is 0.822 bits per heavy atom. The zero-order valence-corrected chi connectivity index (χ0v) is 24.8. The van der Waals surface area contributed by atoms with Crippen molar-refractivity contribution in [1.29, 1.82) is 0 Å². The first-order valence-corrected chi connectivity index (χ1v) is 15.4. The molecule has 0 bridgehead atoms. The highest BCUT2D eigenvalue weighted by Crippen LogP contribution is 2.46. The number of fused-ring (bicyclic) bond motifs is 2. The van der Waals surface area contributed by atoms with Gasteiger partial charge in [0.05, 0.1) is 5.69 Å². The van der Waals surface area contributed by atoms with Gasteiger partial charge in [0, 0.05) is 16.9 Å². The van der Waals surface area contributed by atoms with Gasteiger partial charge in [0.1, 0.15) is 0 Å². The summed E-state index contributed by atoms with van der Waals surface area (Å²) in [4.78, 5) is 2.43. The highest BCUT2D eigenvalue weighted by atomic mass is 15.1. The van der Waals surface area contributed by atoms with Crippen molar-refractivity contribution in [2.45, 2.75) is 0 Å². The average molecular weight is 574 g/mol.